The van der Waals surface area contributed by atoms with E-state index in [0.717, 1.165) is 56.4 Å². The van der Waals surface area contributed by atoms with Crippen molar-refractivity contribution in [1.82, 2.24) is 4.98 Å². The second kappa shape index (κ2) is 14.6. The molecule has 0 aliphatic rings. The average molecular weight is 600 g/mol. The molecule has 44 heavy (non-hydrogen) atoms. The van der Waals surface area contributed by atoms with Crippen molar-refractivity contribution in [3.05, 3.63) is 123 Å². The summed E-state index contributed by atoms with van der Waals surface area (Å²) in [6, 6.07) is 19.3. The molecule has 2 unspecified atom stereocenters. The molecule has 3 nitrogen and oxygen atoms in total. The van der Waals surface area contributed by atoms with E-state index in [2.05, 4.69) is 63.5 Å². The zero-order valence-corrected chi connectivity index (χ0v) is 26.5. The molecule has 232 valence electrons. The van der Waals surface area contributed by atoms with Crippen molar-refractivity contribution in [2.45, 2.75) is 78.6 Å². The van der Waals surface area contributed by atoms with E-state index in [1.807, 2.05) is 31.2 Å². The van der Waals surface area contributed by atoms with E-state index in [-0.39, 0.29) is 24.1 Å². The second-order valence-corrected chi connectivity index (χ2v) is 12.0. The van der Waals surface area contributed by atoms with Gasteiger partial charge >= 0.3 is 0 Å². The molecule has 0 spiro atoms. The standard InChI is InChI=1S/C38H44F3N3/c1-7-23(2)33-20-37-31(18-29(33)13-15-38(40)41)19-36(44-37)26(5)34(27(6)42)22-43-21-25(4)32-14-12-28(16-24(32)3)17-30-10-8-9-11-35(30)39/h8-12,14,16,18-20,22-23,25,38,44H,5,7,13,15,17,21,42H2,1-4,6H3/b34-27-,43-22-. The molecule has 0 bridgehead atoms. The number of aromatic amines is 1. The Labute approximate surface area is 259 Å². The molecule has 2 atom stereocenters. The molecule has 1 aromatic heterocycles. The maximum Gasteiger partial charge on any atom is 0.239 e. The Morgan fingerprint density at radius 3 is 2.41 bits per heavy atom. The number of H-pyrrole nitrogens is 1. The van der Waals surface area contributed by atoms with Crippen LogP contribution in [0.15, 0.2) is 83.5 Å². The largest absolute Gasteiger partial charge is 0.402 e. The minimum Gasteiger partial charge on any atom is -0.402 e. The van der Waals surface area contributed by atoms with Crippen LogP contribution in [0.1, 0.15) is 91.4 Å². The highest BCUT2D eigenvalue weighted by atomic mass is 19.3. The summed E-state index contributed by atoms with van der Waals surface area (Å²) in [6.07, 6.45) is 1.15. The minimum absolute atomic E-state index is 0.148. The molecule has 3 aromatic carbocycles. The number of alkyl halides is 2. The molecule has 3 N–H and O–H groups in total. The predicted octanol–water partition coefficient (Wildman–Crippen LogP) is 10.0. The lowest BCUT2D eigenvalue weighted by Crippen LogP contribution is -2.05. The smallest absolute Gasteiger partial charge is 0.239 e. The first-order valence-corrected chi connectivity index (χ1v) is 15.4. The third kappa shape index (κ3) is 7.90. The first-order chi connectivity index (χ1) is 21.0. The highest BCUT2D eigenvalue weighted by Crippen LogP contribution is 2.32. The van der Waals surface area contributed by atoms with Crippen LogP contribution in [0.25, 0.3) is 16.5 Å². The van der Waals surface area contributed by atoms with Crippen LogP contribution < -0.4 is 5.73 Å². The van der Waals surface area contributed by atoms with Crippen molar-refractivity contribution in [2.24, 2.45) is 10.7 Å². The van der Waals surface area contributed by atoms with E-state index in [9.17, 15) is 13.2 Å². The van der Waals surface area contributed by atoms with Crippen molar-refractivity contribution < 1.29 is 13.2 Å². The molecule has 0 aliphatic heterocycles. The van der Waals surface area contributed by atoms with Gasteiger partial charge in [-0.05, 0) is 90.3 Å². The van der Waals surface area contributed by atoms with E-state index in [0.29, 0.717) is 30.6 Å². The number of nitrogens with two attached hydrogens (primary N) is 1. The number of fused-ring (bicyclic) bond motifs is 1. The van der Waals surface area contributed by atoms with Gasteiger partial charge in [-0.15, -0.1) is 0 Å². The highest BCUT2D eigenvalue weighted by molar-refractivity contribution is 6.02. The van der Waals surface area contributed by atoms with Crippen LogP contribution in [-0.2, 0) is 12.8 Å². The van der Waals surface area contributed by atoms with E-state index >= 15 is 0 Å². The molecule has 0 amide bonds. The van der Waals surface area contributed by atoms with Gasteiger partial charge in [0.15, 0.2) is 0 Å². The maximum atomic E-state index is 14.1. The molecular weight excluding hydrogens is 555 g/mol. The summed E-state index contributed by atoms with van der Waals surface area (Å²) in [4.78, 5) is 8.24. The topological polar surface area (TPSA) is 54.2 Å². The van der Waals surface area contributed by atoms with Gasteiger partial charge in [0.05, 0.1) is 0 Å². The van der Waals surface area contributed by atoms with Crippen molar-refractivity contribution in [1.29, 1.82) is 0 Å². The fourth-order valence-corrected chi connectivity index (χ4v) is 5.79. The monoisotopic (exact) mass is 599 g/mol. The Bertz CT molecular complexity index is 1670. The number of allylic oxidation sites excluding steroid dienone is 3. The van der Waals surface area contributed by atoms with Gasteiger partial charge < -0.3 is 10.7 Å². The number of aromatic nitrogens is 1. The van der Waals surface area contributed by atoms with Gasteiger partial charge in [0.1, 0.15) is 5.82 Å². The van der Waals surface area contributed by atoms with E-state index in [1.54, 1.807) is 12.3 Å². The lowest BCUT2D eigenvalue weighted by molar-refractivity contribution is 0.138. The fourth-order valence-electron chi connectivity index (χ4n) is 5.79. The predicted molar refractivity (Wildman–Crippen MR) is 179 cm³/mol. The van der Waals surface area contributed by atoms with Crippen LogP contribution in [0, 0.1) is 12.7 Å². The average Bonchev–Trinajstić information content (AvgIpc) is 3.41. The van der Waals surface area contributed by atoms with Crippen LogP contribution in [0.5, 0.6) is 0 Å². The quantitative estimate of drug-likeness (QED) is 0.117. The molecule has 6 heteroatoms. The number of nitrogens with zero attached hydrogens (tertiary/aromatic N) is 1. The molecule has 0 saturated heterocycles. The molecular formula is C38H44F3N3. The zero-order chi connectivity index (χ0) is 32.0. The summed E-state index contributed by atoms with van der Waals surface area (Å²) >= 11 is 0. The minimum atomic E-state index is -2.33. The highest BCUT2D eigenvalue weighted by Gasteiger charge is 2.16. The number of aryl methyl sites for hydroxylation is 2. The number of nitrogens with one attached hydrogen (secondary N) is 1. The molecule has 1 heterocycles. The van der Waals surface area contributed by atoms with Crippen LogP contribution in [0.3, 0.4) is 0 Å². The number of rotatable bonds is 13. The number of aliphatic imine (C=N–C) groups is 1. The van der Waals surface area contributed by atoms with Crippen molar-refractivity contribution in [3.63, 3.8) is 0 Å². The third-order valence-electron chi connectivity index (χ3n) is 8.55. The van der Waals surface area contributed by atoms with Gasteiger partial charge in [-0.25, -0.2) is 13.2 Å². The molecule has 0 radical (unpaired) electrons. The Kier molecular flexibility index (Phi) is 10.9. The Morgan fingerprint density at radius 1 is 1.00 bits per heavy atom. The molecule has 0 saturated carbocycles. The van der Waals surface area contributed by atoms with Crippen LogP contribution in [0.4, 0.5) is 13.2 Å². The SMILES string of the molecule is C=C(C(/C=N\CC(C)c1ccc(Cc2ccccc2F)cc1C)=C(/C)N)c1cc2cc(CCC(F)F)c(C(C)CC)cc2[nH]1. The first kappa shape index (κ1) is 32.8. The molecule has 0 fully saturated rings. The summed E-state index contributed by atoms with van der Waals surface area (Å²) in [5.41, 5.74) is 16.3. The number of benzene rings is 3. The van der Waals surface area contributed by atoms with Gasteiger partial charge in [0.2, 0.25) is 6.43 Å². The van der Waals surface area contributed by atoms with Gasteiger partial charge in [-0.1, -0.05) is 63.7 Å². The first-order valence-electron chi connectivity index (χ1n) is 15.4. The van der Waals surface area contributed by atoms with E-state index in [1.165, 1.54) is 11.6 Å². The summed E-state index contributed by atoms with van der Waals surface area (Å²) in [5.74, 6) is 0.250. The Balaban J connectivity index is 1.50. The van der Waals surface area contributed by atoms with Gasteiger partial charge in [-0.3, -0.25) is 4.99 Å². The maximum absolute atomic E-state index is 14.1. The van der Waals surface area contributed by atoms with Gasteiger partial charge in [-0.2, -0.15) is 0 Å². The Hall–Kier alpha value is -4.06. The third-order valence-corrected chi connectivity index (χ3v) is 8.55. The second-order valence-electron chi connectivity index (χ2n) is 12.0. The summed E-state index contributed by atoms with van der Waals surface area (Å²) in [5, 5.41) is 0.964. The van der Waals surface area contributed by atoms with E-state index < -0.39 is 6.43 Å². The normalized spacial score (nSPS) is 13.9. The fraction of sp³-hybridized carbons (Fsp3) is 0.342. The van der Waals surface area contributed by atoms with Crippen molar-refractivity contribution in [3.8, 4) is 0 Å². The number of hydrogen-bond donors (Lipinski definition) is 2. The Morgan fingerprint density at radius 2 is 1.75 bits per heavy atom. The molecule has 4 aromatic rings. The van der Waals surface area contributed by atoms with Gasteiger partial charge in [0.25, 0.3) is 0 Å². The summed E-state index contributed by atoms with van der Waals surface area (Å²) < 4.78 is 40.2. The van der Waals surface area contributed by atoms with Crippen molar-refractivity contribution in [2.75, 3.05) is 6.54 Å². The summed E-state index contributed by atoms with van der Waals surface area (Å²) in [7, 11) is 0. The molecule has 0 aliphatic carbocycles. The molecule has 4 rings (SSSR count). The number of hydrogen-bond acceptors (Lipinski definition) is 2. The van der Waals surface area contributed by atoms with E-state index in [4.69, 9.17) is 10.7 Å². The van der Waals surface area contributed by atoms with Gasteiger partial charge in [0, 0.05) is 65.0 Å². The lowest BCUT2D eigenvalue weighted by atomic mass is 9.90. The van der Waals surface area contributed by atoms with Crippen LogP contribution >= 0.6 is 0 Å². The lowest BCUT2D eigenvalue weighted by Gasteiger charge is -2.15. The van der Waals surface area contributed by atoms with Crippen molar-refractivity contribution >= 4 is 22.7 Å². The summed E-state index contributed by atoms with van der Waals surface area (Å²) in [6.45, 7) is 15.2. The van der Waals surface area contributed by atoms with Crippen LogP contribution in [0.2, 0.25) is 0 Å². The zero-order valence-electron chi connectivity index (χ0n) is 26.5. The van der Waals surface area contributed by atoms with Crippen LogP contribution in [-0.4, -0.2) is 24.2 Å². The number of halogens is 3.